The second-order valence-corrected chi connectivity index (χ2v) is 8.28. The van der Waals surface area contributed by atoms with Crippen LogP contribution in [-0.2, 0) is 9.53 Å². The topological polar surface area (TPSA) is 74.8 Å². The zero-order valence-electron chi connectivity index (χ0n) is 18.0. The predicted octanol–water partition coefficient (Wildman–Crippen LogP) is 3.31. The van der Waals surface area contributed by atoms with E-state index in [0.717, 1.165) is 38.7 Å². The first-order valence-corrected chi connectivity index (χ1v) is 10.2. The number of nitrogens with zero attached hydrogens (tertiary/aromatic N) is 1. The first-order valence-electron chi connectivity index (χ1n) is 10.2. The first-order chi connectivity index (χ1) is 12.3. The average molecular weight is 496 g/mol. The summed E-state index contributed by atoms with van der Waals surface area (Å²) in [5.74, 6) is 0.905. The second kappa shape index (κ2) is 13.6. The Kier molecular flexibility index (Phi) is 13.3. The van der Waals surface area contributed by atoms with Crippen molar-refractivity contribution in [1.29, 1.82) is 0 Å². The molecular formula is C20H41IN4O2. The molecule has 3 N–H and O–H groups in total. The van der Waals surface area contributed by atoms with Gasteiger partial charge in [0.05, 0.1) is 0 Å². The van der Waals surface area contributed by atoms with Gasteiger partial charge in [-0.1, -0.05) is 33.6 Å². The highest BCUT2D eigenvalue weighted by molar-refractivity contribution is 14.0. The number of guanidine groups is 1. The van der Waals surface area contributed by atoms with Gasteiger partial charge >= 0.3 is 0 Å². The third-order valence-electron chi connectivity index (χ3n) is 4.95. The van der Waals surface area contributed by atoms with Crippen LogP contribution >= 0.6 is 24.0 Å². The SMILES string of the molecule is CCNC(=NCC1(CCOCC)CCCC1)NCCNC(=O)C(C)(C)C.I. The number of nitrogens with one attached hydrogen (secondary N) is 3. The summed E-state index contributed by atoms with van der Waals surface area (Å²) in [7, 11) is 0. The molecule has 160 valence electrons. The van der Waals surface area contributed by atoms with Gasteiger partial charge in [0.15, 0.2) is 5.96 Å². The predicted molar refractivity (Wildman–Crippen MR) is 124 cm³/mol. The van der Waals surface area contributed by atoms with Crippen molar-refractivity contribution in [3.8, 4) is 0 Å². The molecule has 0 aromatic rings. The highest BCUT2D eigenvalue weighted by Gasteiger charge is 2.33. The Morgan fingerprint density at radius 1 is 1.07 bits per heavy atom. The zero-order chi connectivity index (χ0) is 19.5. The van der Waals surface area contributed by atoms with Gasteiger partial charge in [-0.3, -0.25) is 9.79 Å². The maximum Gasteiger partial charge on any atom is 0.225 e. The van der Waals surface area contributed by atoms with Gasteiger partial charge in [-0.15, -0.1) is 24.0 Å². The molecule has 6 nitrogen and oxygen atoms in total. The number of hydrogen-bond acceptors (Lipinski definition) is 3. The van der Waals surface area contributed by atoms with E-state index < -0.39 is 0 Å². The summed E-state index contributed by atoms with van der Waals surface area (Å²) in [6.07, 6.45) is 6.16. The number of carbonyl (C=O) groups is 1. The van der Waals surface area contributed by atoms with E-state index in [9.17, 15) is 4.79 Å². The van der Waals surface area contributed by atoms with Gasteiger partial charge < -0.3 is 20.7 Å². The molecule has 0 aromatic heterocycles. The maximum absolute atomic E-state index is 11.9. The Labute approximate surface area is 183 Å². The smallest absolute Gasteiger partial charge is 0.225 e. The Morgan fingerprint density at radius 2 is 1.70 bits per heavy atom. The molecule has 1 aliphatic rings. The molecule has 0 bridgehead atoms. The number of rotatable bonds is 10. The van der Waals surface area contributed by atoms with Crippen LogP contribution in [-0.4, -0.2) is 51.3 Å². The van der Waals surface area contributed by atoms with Crippen molar-refractivity contribution in [2.24, 2.45) is 15.8 Å². The van der Waals surface area contributed by atoms with Crippen molar-refractivity contribution in [3.05, 3.63) is 0 Å². The average Bonchev–Trinajstić information content (AvgIpc) is 3.04. The number of hydrogen-bond donors (Lipinski definition) is 3. The molecule has 1 rings (SSSR count). The lowest BCUT2D eigenvalue weighted by Gasteiger charge is -2.27. The minimum absolute atomic E-state index is 0. The van der Waals surface area contributed by atoms with Crippen LogP contribution in [0.1, 0.15) is 66.7 Å². The van der Waals surface area contributed by atoms with Crippen molar-refractivity contribution >= 4 is 35.8 Å². The van der Waals surface area contributed by atoms with Gasteiger partial charge in [-0.2, -0.15) is 0 Å². The van der Waals surface area contributed by atoms with E-state index in [0.29, 0.717) is 13.1 Å². The van der Waals surface area contributed by atoms with Crippen molar-refractivity contribution < 1.29 is 9.53 Å². The van der Waals surface area contributed by atoms with Gasteiger partial charge in [-0.05, 0) is 38.5 Å². The lowest BCUT2D eigenvalue weighted by atomic mass is 9.83. The van der Waals surface area contributed by atoms with Crippen LogP contribution in [0.15, 0.2) is 4.99 Å². The third kappa shape index (κ3) is 10.5. The van der Waals surface area contributed by atoms with Crippen molar-refractivity contribution in [3.63, 3.8) is 0 Å². The van der Waals surface area contributed by atoms with Gasteiger partial charge in [-0.25, -0.2) is 0 Å². The van der Waals surface area contributed by atoms with Crippen LogP contribution in [0, 0.1) is 10.8 Å². The van der Waals surface area contributed by atoms with Crippen molar-refractivity contribution in [2.75, 3.05) is 39.4 Å². The Morgan fingerprint density at radius 3 is 2.26 bits per heavy atom. The minimum Gasteiger partial charge on any atom is -0.382 e. The summed E-state index contributed by atoms with van der Waals surface area (Å²) in [4.78, 5) is 16.7. The van der Waals surface area contributed by atoms with Crippen LogP contribution < -0.4 is 16.0 Å². The normalized spacial score (nSPS) is 16.6. The number of aliphatic imine (C=N–C) groups is 1. The van der Waals surface area contributed by atoms with Crippen LogP contribution in [0.2, 0.25) is 0 Å². The highest BCUT2D eigenvalue weighted by Crippen LogP contribution is 2.41. The van der Waals surface area contributed by atoms with Gasteiger partial charge in [0.1, 0.15) is 0 Å². The number of carbonyl (C=O) groups excluding carboxylic acids is 1. The molecule has 7 heteroatoms. The van der Waals surface area contributed by atoms with Crippen molar-refractivity contribution in [2.45, 2.75) is 66.7 Å². The van der Waals surface area contributed by atoms with E-state index in [-0.39, 0.29) is 40.7 Å². The highest BCUT2D eigenvalue weighted by atomic mass is 127. The summed E-state index contributed by atoms with van der Waals surface area (Å²) in [6, 6.07) is 0. The molecule has 0 spiro atoms. The summed E-state index contributed by atoms with van der Waals surface area (Å²) in [6.45, 7) is 14.4. The maximum atomic E-state index is 11.9. The summed E-state index contributed by atoms with van der Waals surface area (Å²) >= 11 is 0. The summed E-state index contributed by atoms with van der Waals surface area (Å²) < 4.78 is 5.58. The van der Waals surface area contributed by atoms with E-state index in [1.54, 1.807) is 0 Å². The third-order valence-corrected chi connectivity index (χ3v) is 4.95. The zero-order valence-corrected chi connectivity index (χ0v) is 20.3. The van der Waals surface area contributed by atoms with Crippen LogP contribution in [0.3, 0.4) is 0 Å². The van der Waals surface area contributed by atoms with Gasteiger partial charge in [0.2, 0.25) is 5.91 Å². The fourth-order valence-corrected chi connectivity index (χ4v) is 3.26. The standard InChI is InChI=1S/C20H40N4O2.HI/c1-6-21-18(23-14-13-22-17(25)19(3,4)5)24-16-20(10-8-9-11-20)12-15-26-7-2;/h6-16H2,1-5H3,(H,22,25)(H2,21,23,24);1H. The Bertz CT molecular complexity index is 444. The molecule has 0 unspecified atom stereocenters. The van der Waals surface area contributed by atoms with Crippen LogP contribution in [0.25, 0.3) is 0 Å². The molecule has 0 saturated heterocycles. The monoisotopic (exact) mass is 496 g/mol. The number of halogens is 1. The molecule has 0 aliphatic heterocycles. The van der Waals surface area contributed by atoms with Crippen LogP contribution in [0.4, 0.5) is 0 Å². The molecule has 0 radical (unpaired) electrons. The summed E-state index contributed by atoms with van der Waals surface area (Å²) in [5, 5.41) is 9.59. The molecule has 1 aliphatic carbocycles. The molecule has 1 saturated carbocycles. The second-order valence-electron chi connectivity index (χ2n) is 8.28. The largest absolute Gasteiger partial charge is 0.382 e. The number of amides is 1. The molecule has 1 amide bonds. The number of ether oxygens (including phenoxy) is 1. The quantitative estimate of drug-likeness (QED) is 0.188. The molecule has 0 aromatic carbocycles. The van der Waals surface area contributed by atoms with E-state index >= 15 is 0 Å². The van der Waals surface area contributed by atoms with E-state index in [1.807, 2.05) is 27.7 Å². The molecule has 27 heavy (non-hydrogen) atoms. The lowest BCUT2D eigenvalue weighted by Crippen LogP contribution is -2.44. The minimum atomic E-state index is -0.353. The first kappa shape index (κ1) is 26.4. The molecule has 1 fully saturated rings. The molecular weight excluding hydrogens is 455 g/mol. The lowest BCUT2D eigenvalue weighted by molar-refractivity contribution is -0.128. The van der Waals surface area contributed by atoms with Gasteiger partial charge in [0.25, 0.3) is 0 Å². The fraction of sp³-hybridized carbons (Fsp3) is 0.900. The van der Waals surface area contributed by atoms with Crippen molar-refractivity contribution in [1.82, 2.24) is 16.0 Å². The molecule has 0 heterocycles. The van der Waals surface area contributed by atoms with E-state index in [4.69, 9.17) is 9.73 Å². The van der Waals surface area contributed by atoms with Crippen LogP contribution in [0.5, 0.6) is 0 Å². The van der Waals surface area contributed by atoms with E-state index in [2.05, 4.69) is 22.9 Å². The fourth-order valence-electron chi connectivity index (χ4n) is 3.26. The Hall–Kier alpha value is -0.570. The van der Waals surface area contributed by atoms with E-state index in [1.165, 1.54) is 25.7 Å². The summed E-state index contributed by atoms with van der Waals surface area (Å²) in [5.41, 5.74) is -0.0635. The van der Waals surface area contributed by atoms with Gasteiger partial charge in [0, 0.05) is 44.8 Å². The molecule has 0 atom stereocenters. The Balaban J connectivity index is 0.00000676.